The predicted molar refractivity (Wildman–Crippen MR) is 121 cm³/mol. The minimum Gasteiger partial charge on any atom is -0.299 e. The van der Waals surface area contributed by atoms with Gasteiger partial charge in [-0.2, -0.15) is 0 Å². The van der Waals surface area contributed by atoms with Crippen molar-refractivity contribution < 1.29 is 9.59 Å². The first-order valence-electron chi connectivity index (χ1n) is 10.8. The van der Waals surface area contributed by atoms with Gasteiger partial charge in [-0.1, -0.05) is 69.2 Å². The van der Waals surface area contributed by atoms with Gasteiger partial charge in [-0.05, 0) is 51.9 Å². The summed E-state index contributed by atoms with van der Waals surface area (Å²) in [5.41, 5.74) is -0.433. The summed E-state index contributed by atoms with van der Waals surface area (Å²) in [5, 5.41) is 0. The van der Waals surface area contributed by atoms with Crippen molar-refractivity contribution in [3.05, 3.63) is 0 Å². The van der Waals surface area contributed by atoms with Gasteiger partial charge in [-0.3, -0.25) is 14.5 Å². The van der Waals surface area contributed by atoms with Gasteiger partial charge < -0.3 is 0 Å². The molecule has 3 heteroatoms. The van der Waals surface area contributed by atoms with Crippen LogP contribution in [-0.4, -0.2) is 35.1 Å². The van der Waals surface area contributed by atoms with Crippen LogP contribution in [0.4, 0.5) is 0 Å². The fraction of sp³-hybridized carbons (Fsp3) is 0.917. The third kappa shape index (κ3) is 14.0. The highest BCUT2D eigenvalue weighted by molar-refractivity contribution is 5.81. The Balaban J connectivity index is -0.00000134. The van der Waals surface area contributed by atoms with Crippen LogP contribution in [0.3, 0.4) is 0 Å². The normalized spacial score (nSPS) is 12.1. The fourth-order valence-corrected chi connectivity index (χ4v) is 3.76. The van der Waals surface area contributed by atoms with Gasteiger partial charge in [0.15, 0.2) is 0 Å². The molecule has 0 bridgehead atoms. The zero-order valence-electron chi connectivity index (χ0n) is 21.2. The van der Waals surface area contributed by atoms with Crippen LogP contribution >= 0.6 is 0 Å². The van der Waals surface area contributed by atoms with Crippen molar-refractivity contribution in [2.45, 2.75) is 115 Å². The molecule has 27 heavy (non-hydrogen) atoms. The average molecular weight is 386 g/mol. The molecule has 0 spiro atoms. The number of hydrogen-bond donors (Lipinski definition) is 0. The second-order valence-corrected chi connectivity index (χ2v) is 9.75. The van der Waals surface area contributed by atoms with E-state index >= 15 is 0 Å². The van der Waals surface area contributed by atoms with Gasteiger partial charge in [0, 0.05) is 17.5 Å². The Hall–Kier alpha value is -0.700. The molecule has 0 heterocycles. The van der Waals surface area contributed by atoms with Gasteiger partial charge in [-0.15, -0.1) is 0 Å². The maximum Gasteiger partial charge on any atom is 0.143 e. The van der Waals surface area contributed by atoms with Crippen LogP contribution in [0.2, 0.25) is 0 Å². The number of rotatable bonds is 10. The largest absolute Gasteiger partial charge is 0.299 e. The molecule has 0 N–H and O–H groups in total. The molecule has 0 aromatic carbocycles. The Morgan fingerprint density at radius 2 is 1.26 bits per heavy atom. The Labute approximate surface area is 171 Å². The van der Waals surface area contributed by atoms with Crippen LogP contribution < -0.4 is 0 Å². The molecule has 0 fully saturated rings. The fourth-order valence-electron chi connectivity index (χ4n) is 3.76. The van der Waals surface area contributed by atoms with Gasteiger partial charge in [0.2, 0.25) is 0 Å². The molecule has 0 aliphatic rings. The van der Waals surface area contributed by atoms with E-state index in [1.165, 1.54) is 0 Å². The van der Waals surface area contributed by atoms with Crippen molar-refractivity contribution in [2.24, 2.45) is 16.7 Å². The van der Waals surface area contributed by atoms with Crippen molar-refractivity contribution in [2.75, 3.05) is 13.1 Å². The molecule has 0 rings (SSSR count). The lowest BCUT2D eigenvalue weighted by Crippen LogP contribution is -2.52. The first-order chi connectivity index (χ1) is 12.1. The number of hydrogen-bond acceptors (Lipinski definition) is 3. The molecular formula is C24H51NO2. The molecule has 0 aromatic rings. The SMILES string of the molecule is CC.CC.CC(=O)CN(CC(C)(C)CC(C)C)C(C)(C)CC(C)(C)C(C)=O. The van der Waals surface area contributed by atoms with Crippen molar-refractivity contribution in [1.82, 2.24) is 4.90 Å². The van der Waals surface area contributed by atoms with Crippen molar-refractivity contribution in [3.63, 3.8) is 0 Å². The second-order valence-electron chi connectivity index (χ2n) is 9.75. The van der Waals surface area contributed by atoms with Crippen LogP contribution in [0.15, 0.2) is 0 Å². The minimum absolute atomic E-state index is 0.140. The molecule has 0 unspecified atom stereocenters. The number of carbonyl (C=O) groups is 2. The van der Waals surface area contributed by atoms with E-state index in [0.717, 1.165) is 19.4 Å². The van der Waals surface area contributed by atoms with Gasteiger partial charge in [-0.25, -0.2) is 0 Å². The smallest absolute Gasteiger partial charge is 0.143 e. The summed E-state index contributed by atoms with van der Waals surface area (Å²) in [6, 6.07) is 0. The molecular weight excluding hydrogens is 334 g/mol. The van der Waals surface area contributed by atoms with E-state index < -0.39 is 0 Å². The summed E-state index contributed by atoms with van der Waals surface area (Å²) in [6.45, 7) is 30.0. The molecule has 0 radical (unpaired) electrons. The first-order valence-corrected chi connectivity index (χ1v) is 10.8. The third-order valence-electron chi connectivity index (χ3n) is 4.68. The molecule has 0 aliphatic heterocycles. The van der Waals surface area contributed by atoms with Crippen molar-refractivity contribution in [3.8, 4) is 0 Å². The highest BCUT2D eigenvalue weighted by Gasteiger charge is 2.38. The van der Waals surface area contributed by atoms with Gasteiger partial charge in [0.1, 0.15) is 11.6 Å². The highest BCUT2D eigenvalue weighted by atomic mass is 16.1. The van der Waals surface area contributed by atoms with E-state index in [1.54, 1.807) is 13.8 Å². The Morgan fingerprint density at radius 3 is 1.56 bits per heavy atom. The van der Waals surface area contributed by atoms with Crippen molar-refractivity contribution >= 4 is 11.6 Å². The quantitative estimate of drug-likeness (QED) is 0.415. The lowest BCUT2D eigenvalue weighted by Gasteiger charge is -2.46. The number of ketones is 2. The number of Topliss-reactive ketones (excluding diaryl/α,β-unsaturated/α-hetero) is 2. The molecule has 0 aliphatic carbocycles. The van der Waals surface area contributed by atoms with Crippen LogP contribution in [0.5, 0.6) is 0 Å². The van der Waals surface area contributed by atoms with Gasteiger partial charge in [0.05, 0.1) is 6.54 Å². The van der Waals surface area contributed by atoms with E-state index in [1.807, 2.05) is 41.5 Å². The monoisotopic (exact) mass is 385 g/mol. The molecule has 0 amide bonds. The molecule has 3 nitrogen and oxygen atoms in total. The number of nitrogens with zero attached hydrogens (tertiary/aromatic N) is 1. The van der Waals surface area contributed by atoms with E-state index in [-0.39, 0.29) is 27.9 Å². The number of carbonyl (C=O) groups excluding carboxylic acids is 2. The van der Waals surface area contributed by atoms with E-state index in [4.69, 9.17) is 0 Å². The van der Waals surface area contributed by atoms with Crippen LogP contribution in [0.1, 0.15) is 110 Å². The Bertz CT molecular complexity index is 420. The molecule has 0 saturated carbocycles. The zero-order chi connectivity index (χ0) is 22.6. The lowest BCUT2D eigenvalue weighted by molar-refractivity contribution is -0.127. The summed E-state index contributed by atoms with van der Waals surface area (Å²) in [6.07, 6.45) is 1.87. The molecule has 164 valence electrons. The standard InChI is InChI=1S/C20H39NO2.2C2H6/c1-15(2)11-18(5,6)14-21(12-16(3)22)20(9,10)13-19(7,8)17(4)23;2*1-2/h15H,11-14H2,1-10H3;2*1-2H3. The summed E-state index contributed by atoms with van der Waals surface area (Å²) in [5.74, 6) is 1.01. The molecule has 0 aromatic heterocycles. The molecule has 0 atom stereocenters. The maximum atomic E-state index is 11.9. The summed E-state index contributed by atoms with van der Waals surface area (Å²) < 4.78 is 0. The summed E-state index contributed by atoms with van der Waals surface area (Å²) in [4.78, 5) is 26.0. The van der Waals surface area contributed by atoms with Crippen LogP contribution in [-0.2, 0) is 9.59 Å². The topological polar surface area (TPSA) is 37.4 Å². The zero-order valence-corrected chi connectivity index (χ0v) is 21.2. The Morgan fingerprint density at radius 1 is 0.852 bits per heavy atom. The van der Waals surface area contributed by atoms with Crippen LogP contribution in [0, 0.1) is 16.7 Å². The third-order valence-corrected chi connectivity index (χ3v) is 4.68. The summed E-state index contributed by atoms with van der Waals surface area (Å²) >= 11 is 0. The molecule has 0 saturated heterocycles. The highest BCUT2D eigenvalue weighted by Crippen LogP contribution is 2.35. The van der Waals surface area contributed by atoms with Gasteiger partial charge >= 0.3 is 0 Å². The van der Waals surface area contributed by atoms with E-state index in [9.17, 15) is 9.59 Å². The van der Waals surface area contributed by atoms with Crippen molar-refractivity contribution in [1.29, 1.82) is 0 Å². The first kappa shape index (κ1) is 31.0. The van der Waals surface area contributed by atoms with Gasteiger partial charge in [0.25, 0.3) is 0 Å². The maximum absolute atomic E-state index is 11.9. The van der Waals surface area contributed by atoms with Crippen LogP contribution in [0.25, 0.3) is 0 Å². The summed E-state index contributed by atoms with van der Waals surface area (Å²) in [7, 11) is 0. The minimum atomic E-state index is -0.374. The lowest BCUT2D eigenvalue weighted by atomic mass is 9.75. The Kier molecular flexibility index (Phi) is 15.5. The van der Waals surface area contributed by atoms with E-state index in [2.05, 4.69) is 46.4 Å². The average Bonchev–Trinajstić information content (AvgIpc) is 2.47. The second kappa shape index (κ2) is 13.5. The van der Waals surface area contributed by atoms with E-state index in [0.29, 0.717) is 12.5 Å². The predicted octanol–water partition coefficient (Wildman–Crippen LogP) is 6.79.